The van der Waals surface area contributed by atoms with Crippen molar-refractivity contribution in [3.63, 3.8) is 0 Å². The van der Waals surface area contributed by atoms with Crippen molar-refractivity contribution in [2.45, 2.75) is 6.54 Å². The molecule has 2 rings (SSSR count). The van der Waals surface area contributed by atoms with Gasteiger partial charge in [0.05, 0.1) is 12.1 Å². The lowest BCUT2D eigenvalue weighted by molar-refractivity contribution is -0.112. The molecule has 0 aromatic heterocycles. The fourth-order valence-corrected chi connectivity index (χ4v) is 2.71. The summed E-state index contributed by atoms with van der Waals surface area (Å²) in [4.78, 5) is 12.2. The van der Waals surface area contributed by atoms with E-state index in [1.165, 1.54) is 13.3 Å². The van der Waals surface area contributed by atoms with Crippen LogP contribution >= 0.6 is 27.5 Å². The molecule has 0 spiro atoms. The monoisotopic (exact) mass is 419 g/mol. The van der Waals surface area contributed by atoms with Crippen LogP contribution in [0.15, 0.2) is 58.7 Å². The molecule has 7 heteroatoms. The molecule has 0 aliphatic carbocycles. The summed E-state index contributed by atoms with van der Waals surface area (Å²) in [6.07, 6.45) is 1.39. The van der Waals surface area contributed by atoms with Crippen LogP contribution in [-0.2, 0) is 11.3 Å². The first-order valence-corrected chi connectivity index (χ1v) is 8.43. The zero-order valence-corrected chi connectivity index (χ0v) is 15.7. The molecule has 25 heavy (non-hydrogen) atoms. The number of carbonyl (C=O) groups excluding carboxylic acids is 1. The lowest BCUT2D eigenvalue weighted by Crippen LogP contribution is -2.16. The standard InChI is InChI=1S/C18H15BrClN3O2/c1-25-17-6-5-15(8-16(17)20)23-18(24)13(9-21)11-22-10-12-3-2-4-14(19)7-12/h2-8,11,22H,10H2,1H3,(H,23,24)/b13-11-. The zero-order valence-electron chi connectivity index (χ0n) is 13.3. The Morgan fingerprint density at radius 1 is 1.36 bits per heavy atom. The third-order valence-corrected chi connectivity index (χ3v) is 4.00. The zero-order chi connectivity index (χ0) is 18.2. The predicted octanol–water partition coefficient (Wildman–Crippen LogP) is 4.25. The van der Waals surface area contributed by atoms with Crippen LogP contribution in [0.5, 0.6) is 5.75 Å². The van der Waals surface area contributed by atoms with Crippen molar-refractivity contribution in [1.29, 1.82) is 5.26 Å². The number of benzene rings is 2. The highest BCUT2D eigenvalue weighted by molar-refractivity contribution is 9.10. The Morgan fingerprint density at radius 3 is 2.80 bits per heavy atom. The lowest BCUT2D eigenvalue weighted by atomic mass is 10.2. The lowest BCUT2D eigenvalue weighted by Gasteiger charge is -2.08. The Balaban J connectivity index is 2.00. The number of rotatable bonds is 6. The van der Waals surface area contributed by atoms with E-state index in [0.29, 0.717) is 23.0 Å². The summed E-state index contributed by atoms with van der Waals surface area (Å²) >= 11 is 9.41. The highest BCUT2D eigenvalue weighted by Crippen LogP contribution is 2.27. The molecule has 0 radical (unpaired) electrons. The first-order chi connectivity index (χ1) is 12.0. The second-order valence-electron chi connectivity index (χ2n) is 4.98. The van der Waals surface area contributed by atoms with Crippen LogP contribution in [0.25, 0.3) is 0 Å². The van der Waals surface area contributed by atoms with Crippen LogP contribution < -0.4 is 15.4 Å². The number of halogens is 2. The topological polar surface area (TPSA) is 74.1 Å². The number of methoxy groups -OCH3 is 1. The number of carbonyl (C=O) groups is 1. The van der Waals surface area contributed by atoms with Crippen molar-refractivity contribution in [1.82, 2.24) is 5.32 Å². The van der Waals surface area contributed by atoms with Gasteiger partial charge in [0.25, 0.3) is 5.91 Å². The van der Waals surface area contributed by atoms with Crippen LogP contribution in [-0.4, -0.2) is 13.0 Å². The van der Waals surface area contributed by atoms with Crippen molar-refractivity contribution in [2.24, 2.45) is 0 Å². The average molecular weight is 421 g/mol. The van der Waals surface area contributed by atoms with Gasteiger partial charge in [-0.05, 0) is 35.9 Å². The number of hydrogen-bond acceptors (Lipinski definition) is 4. The highest BCUT2D eigenvalue weighted by atomic mass is 79.9. The minimum Gasteiger partial charge on any atom is -0.495 e. The van der Waals surface area contributed by atoms with E-state index in [-0.39, 0.29) is 5.57 Å². The number of ether oxygens (including phenoxy) is 1. The van der Waals surface area contributed by atoms with E-state index in [0.717, 1.165) is 10.0 Å². The highest BCUT2D eigenvalue weighted by Gasteiger charge is 2.10. The number of nitrogens with one attached hydrogen (secondary N) is 2. The van der Waals surface area contributed by atoms with Crippen LogP contribution in [0.4, 0.5) is 5.69 Å². The minimum atomic E-state index is -0.523. The minimum absolute atomic E-state index is 0.0399. The Hall–Kier alpha value is -2.49. The molecule has 0 atom stereocenters. The Labute approximate surface area is 159 Å². The average Bonchev–Trinajstić information content (AvgIpc) is 2.59. The van der Waals surface area contributed by atoms with Crippen molar-refractivity contribution < 1.29 is 9.53 Å². The van der Waals surface area contributed by atoms with Gasteiger partial charge < -0.3 is 15.4 Å². The van der Waals surface area contributed by atoms with Gasteiger partial charge in [-0.2, -0.15) is 5.26 Å². The summed E-state index contributed by atoms with van der Waals surface area (Å²) in [6.45, 7) is 0.492. The van der Waals surface area contributed by atoms with Crippen molar-refractivity contribution in [3.05, 3.63) is 69.3 Å². The van der Waals surface area contributed by atoms with Gasteiger partial charge in [-0.15, -0.1) is 0 Å². The molecular formula is C18H15BrClN3O2. The van der Waals surface area contributed by atoms with Crippen LogP contribution in [0.3, 0.4) is 0 Å². The third kappa shape index (κ3) is 5.52. The molecular weight excluding hydrogens is 406 g/mol. The fraction of sp³-hybridized carbons (Fsp3) is 0.111. The normalized spacial score (nSPS) is 10.7. The summed E-state index contributed by atoms with van der Waals surface area (Å²) < 4.78 is 6.02. The first-order valence-electron chi connectivity index (χ1n) is 7.26. The van der Waals surface area contributed by atoms with E-state index >= 15 is 0 Å². The van der Waals surface area contributed by atoms with Gasteiger partial charge >= 0.3 is 0 Å². The summed E-state index contributed by atoms with van der Waals surface area (Å²) in [5, 5.41) is 15.1. The van der Waals surface area contributed by atoms with Gasteiger partial charge in [-0.1, -0.05) is 39.7 Å². The molecule has 2 aromatic rings. The number of anilines is 1. The van der Waals surface area contributed by atoms with E-state index in [9.17, 15) is 10.1 Å². The maximum absolute atomic E-state index is 12.2. The van der Waals surface area contributed by atoms with Gasteiger partial charge in [-0.3, -0.25) is 4.79 Å². The predicted molar refractivity (Wildman–Crippen MR) is 101 cm³/mol. The molecule has 2 N–H and O–H groups in total. The molecule has 0 unspecified atom stereocenters. The van der Waals surface area contributed by atoms with Crippen molar-refractivity contribution in [2.75, 3.05) is 12.4 Å². The van der Waals surface area contributed by atoms with Crippen LogP contribution in [0, 0.1) is 11.3 Å². The van der Waals surface area contributed by atoms with Gasteiger partial charge in [-0.25, -0.2) is 0 Å². The maximum Gasteiger partial charge on any atom is 0.267 e. The van der Waals surface area contributed by atoms with E-state index in [1.807, 2.05) is 30.3 Å². The summed E-state index contributed by atoms with van der Waals surface area (Å²) in [6, 6.07) is 14.4. The quantitative estimate of drug-likeness (QED) is 0.541. The van der Waals surface area contributed by atoms with Crippen molar-refractivity contribution >= 4 is 39.1 Å². The van der Waals surface area contributed by atoms with E-state index in [2.05, 4.69) is 26.6 Å². The third-order valence-electron chi connectivity index (χ3n) is 3.22. The molecule has 0 heterocycles. The van der Waals surface area contributed by atoms with Crippen LogP contribution in [0.1, 0.15) is 5.56 Å². The van der Waals surface area contributed by atoms with Gasteiger partial charge in [0, 0.05) is 22.9 Å². The maximum atomic E-state index is 12.2. The molecule has 0 saturated carbocycles. The van der Waals surface area contributed by atoms with Gasteiger partial charge in [0.1, 0.15) is 17.4 Å². The second-order valence-corrected chi connectivity index (χ2v) is 6.31. The molecule has 128 valence electrons. The molecule has 2 aromatic carbocycles. The summed E-state index contributed by atoms with van der Waals surface area (Å²) in [5.74, 6) is -0.0168. The van der Waals surface area contributed by atoms with E-state index in [1.54, 1.807) is 18.2 Å². The van der Waals surface area contributed by atoms with E-state index < -0.39 is 5.91 Å². The van der Waals surface area contributed by atoms with E-state index in [4.69, 9.17) is 16.3 Å². The molecule has 0 fully saturated rings. The fourth-order valence-electron chi connectivity index (χ4n) is 2.01. The van der Waals surface area contributed by atoms with Gasteiger partial charge in [0.2, 0.25) is 0 Å². The molecule has 5 nitrogen and oxygen atoms in total. The number of amides is 1. The molecule has 0 aliphatic heterocycles. The SMILES string of the molecule is COc1ccc(NC(=O)/C(C#N)=C\NCc2cccc(Br)c2)cc1Cl. The smallest absolute Gasteiger partial charge is 0.267 e. The molecule has 0 aliphatic rings. The number of nitrogens with zero attached hydrogens (tertiary/aromatic N) is 1. The largest absolute Gasteiger partial charge is 0.495 e. The van der Waals surface area contributed by atoms with Gasteiger partial charge in [0.15, 0.2) is 0 Å². The van der Waals surface area contributed by atoms with Crippen LogP contribution in [0.2, 0.25) is 5.02 Å². The van der Waals surface area contributed by atoms with Crippen molar-refractivity contribution in [3.8, 4) is 11.8 Å². The molecule has 0 saturated heterocycles. The summed E-state index contributed by atoms with van der Waals surface area (Å²) in [7, 11) is 1.51. The number of nitriles is 1. The Bertz CT molecular complexity index is 846. The first kappa shape index (κ1) is 18.8. The summed E-state index contributed by atoms with van der Waals surface area (Å²) in [5.41, 5.74) is 1.45. The second kappa shape index (κ2) is 9.11. The Morgan fingerprint density at radius 2 is 2.16 bits per heavy atom. The molecule has 1 amide bonds. The Kier molecular flexibility index (Phi) is 6.87. The number of hydrogen-bond donors (Lipinski definition) is 2. The molecule has 0 bridgehead atoms.